The fourth-order valence-corrected chi connectivity index (χ4v) is 9.82. The van der Waals surface area contributed by atoms with Gasteiger partial charge in [-0.2, -0.15) is 4.31 Å². The number of thiophene rings is 1. The molecule has 12 nitrogen and oxygen atoms in total. The van der Waals surface area contributed by atoms with Gasteiger partial charge in [-0.3, -0.25) is 19.2 Å². The second-order valence-electron chi connectivity index (χ2n) is 15.7. The summed E-state index contributed by atoms with van der Waals surface area (Å²) in [6, 6.07) is -0.640. The van der Waals surface area contributed by atoms with E-state index in [1.807, 2.05) is 20.8 Å². The van der Waals surface area contributed by atoms with E-state index < -0.39 is 63.1 Å². The van der Waals surface area contributed by atoms with Gasteiger partial charge < -0.3 is 20.9 Å². The third kappa shape index (κ3) is 9.10. The number of amides is 4. The van der Waals surface area contributed by atoms with Crippen LogP contribution in [-0.2, 0) is 29.2 Å². The summed E-state index contributed by atoms with van der Waals surface area (Å²) < 4.78 is 27.8. The van der Waals surface area contributed by atoms with E-state index in [4.69, 9.17) is 0 Å². The topological polar surface area (TPSA) is 162 Å². The minimum Gasteiger partial charge on any atom is -0.344 e. The number of piperidine rings is 1. The summed E-state index contributed by atoms with van der Waals surface area (Å²) in [6.07, 6.45) is 6.81. The molecule has 0 bridgehead atoms. The Balaban J connectivity index is 1.55. The van der Waals surface area contributed by atoms with E-state index in [0.717, 1.165) is 43.4 Å². The summed E-state index contributed by atoms with van der Waals surface area (Å²) >= 11 is 1.13. The smallest absolute Gasteiger partial charge is 0.315 e. The van der Waals surface area contributed by atoms with Crippen LogP contribution in [0.3, 0.4) is 0 Å². The maximum absolute atomic E-state index is 14.3. The van der Waals surface area contributed by atoms with Gasteiger partial charge in [0, 0.05) is 33.1 Å². The third-order valence-electron chi connectivity index (χ3n) is 10.8. The fraction of sp³-hybridized carbons (Fsp3) is 0.743. The van der Waals surface area contributed by atoms with Gasteiger partial charge in [0.05, 0.1) is 6.04 Å². The molecular weight excluding hydrogens is 667 g/mol. The van der Waals surface area contributed by atoms with E-state index in [-0.39, 0.29) is 33.9 Å². The highest BCUT2D eigenvalue weighted by Crippen LogP contribution is 2.65. The highest BCUT2D eigenvalue weighted by molar-refractivity contribution is 7.91. The summed E-state index contributed by atoms with van der Waals surface area (Å²) in [4.78, 5) is 68.4. The number of urea groups is 1. The van der Waals surface area contributed by atoms with Gasteiger partial charge >= 0.3 is 6.03 Å². The van der Waals surface area contributed by atoms with E-state index in [2.05, 4.69) is 29.8 Å². The average molecular weight is 722 g/mol. The van der Waals surface area contributed by atoms with Gasteiger partial charge in [0.15, 0.2) is 5.78 Å². The monoisotopic (exact) mass is 721 g/mol. The number of sulfonamides is 1. The van der Waals surface area contributed by atoms with Crippen molar-refractivity contribution in [3.8, 4) is 0 Å². The molecule has 1 aliphatic carbocycles. The van der Waals surface area contributed by atoms with Crippen LogP contribution in [0.15, 0.2) is 21.7 Å². The van der Waals surface area contributed by atoms with Crippen LogP contribution >= 0.6 is 11.3 Å². The number of nitrogens with one attached hydrogen (secondary N) is 3. The molecule has 0 unspecified atom stereocenters. The van der Waals surface area contributed by atoms with Gasteiger partial charge in [0.2, 0.25) is 17.6 Å². The number of hydrogen-bond acceptors (Lipinski definition) is 8. The van der Waals surface area contributed by atoms with Gasteiger partial charge in [0.1, 0.15) is 16.3 Å². The lowest BCUT2D eigenvalue weighted by molar-refractivity contribution is -0.143. The number of carbonyl (C=O) groups excluding carboxylic acids is 5. The summed E-state index contributed by atoms with van der Waals surface area (Å²) in [6.45, 7) is 11.5. The second kappa shape index (κ2) is 15.6. The molecule has 3 heterocycles. The zero-order valence-electron chi connectivity index (χ0n) is 30.0. The molecule has 0 aromatic carbocycles. The van der Waals surface area contributed by atoms with Crippen molar-refractivity contribution < 1.29 is 32.4 Å². The van der Waals surface area contributed by atoms with Crippen LogP contribution < -0.4 is 16.0 Å². The normalized spacial score (nSPS) is 27.4. The molecule has 1 aromatic heterocycles. The number of carbonyl (C=O) groups is 5. The van der Waals surface area contributed by atoms with E-state index in [1.165, 1.54) is 18.3 Å². The summed E-state index contributed by atoms with van der Waals surface area (Å²) in [5.41, 5.74) is -0.699. The van der Waals surface area contributed by atoms with E-state index >= 15 is 0 Å². The summed E-state index contributed by atoms with van der Waals surface area (Å²) in [5, 5.41) is 10.4. The van der Waals surface area contributed by atoms with Crippen LogP contribution in [0.2, 0.25) is 0 Å². The van der Waals surface area contributed by atoms with Crippen molar-refractivity contribution in [3.05, 3.63) is 17.5 Å². The minimum atomic E-state index is -3.75. The number of Topliss-reactive ketones (excluding diaryl/α,β-unsaturated/α-hetero) is 2. The molecule has 0 spiro atoms. The molecule has 49 heavy (non-hydrogen) atoms. The quantitative estimate of drug-likeness (QED) is 0.341. The Bertz CT molecular complexity index is 1490. The average Bonchev–Trinajstić information content (AvgIpc) is 3.48. The standard InChI is InChI=1S/C35H55N5O7S2/c1-22(41)30(42)24-16-13-11-9-8-10-12-14-17-25(32(44)40-20-23-28(35(23,5)6)29(40)31(43)36-24)37-33(45)38-26(34(2,3)4)21-39(7)49(46,47)27-18-15-19-48-27/h15,18-19,23-26,28-29H,8-14,16-17,20-21H2,1-7H3,(H,36,43)(H2,37,38,45)/t23-,24-,25-,26+,28-,29-/m0/s1. The summed E-state index contributed by atoms with van der Waals surface area (Å²) in [7, 11) is -2.27. The zero-order valence-corrected chi connectivity index (χ0v) is 31.7. The van der Waals surface area contributed by atoms with Crippen molar-refractivity contribution >= 4 is 50.8 Å². The SMILES string of the molecule is CC(=O)C(=O)[C@@H]1CCCCCCCCC[C@H](NC(=O)N[C@H](CN(C)S(=O)(=O)c2cccs2)C(C)(C)C)C(=O)N2C[C@H]3[C@@H]([C@H]2C(=O)N1)C3(C)C. The molecule has 2 saturated heterocycles. The highest BCUT2D eigenvalue weighted by atomic mass is 32.2. The van der Waals surface area contributed by atoms with Crippen molar-refractivity contribution in [2.75, 3.05) is 20.1 Å². The van der Waals surface area contributed by atoms with Crippen LogP contribution in [0.5, 0.6) is 0 Å². The Hall–Kier alpha value is -2.84. The Kier molecular flexibility index (Phi) is 12.4. The third-order valence-corrected chi connectivity index (χ3v) is 14.0. The molecular formula is C35H55N5O7S2. The Morgan fingerprint density at radius 3 is 2.24 bits per heavy atom. The number of ketones is 2. The lowest BCUT2D eigenvalue weighted by Crippen LogP contribution is -2.60. The Morgan fingerprint density at radius 2 is 1.67 bits per heavy atom. The van der Waals surface area contributed by atoms with Gasteiger partial charge in [-0.25, -0.2) is 13.2 Å². The molecule has 4 rings (SSSR count). The lowest BCUT2D eigenvalue weighted by atomic mass is 9.86. The maximum atomic E-state index is 14.3. The predicted octanol–water partition coefficient (Wildman–Crippen LogP) is 4.10. The van der Waals surface area contributed by atoms with Crippen molar-refractivity contribution in [3.63, 3.8) is 0 Å². The van der Waals surface area contributed by atoms with Crippen LogP contribution in [-0.4, -0.2) is 91.3 Å². The van der Waals surface area contributed by atoms with Crippen LogP contribution in [0.4, 0.5) is 4.79 Å². The Morgan fingerprint density at radius 1 is 1.06 bits per heavy atom. The van der Waals surface area contributed by atoms with Crippen molar-refractivity contribution in [2.45, 2.75) is 128 Å². The molecule has 1 aromatic rings. The zero-order chi connectivity index (χ0) is 36.3. The van der Waals surface area contributed by atoms with Gasteiger partial charge in [0.25, 0.3) is 10.0 Å². The first-order valence-electron chi connectivity index (χ1n) is 17.6. The van der Waals surface area contributed by atoms with Crippen molar-refractivity contribution in [1.29, 1.82) is 0 Å². The summed E-state index contributed by atoms with van der Waals surface area (Å²) in [5.74, 6) is -2.05. The number of rotatable bonds is 8. The van der Waals surface area contributed by atoms with Gasteiger partial charge in [-0.05, 0) is 47.0 Å². The van der Waals surface area contributed by atoms with E-state index in [0.29, 0.717) is 32.2 Å². The maximum Gasteiger partial charge on any atom is 0.315 e. The molecule has 4 amide bonds. The minimum absolute atomic E-state index is 0.0166. The molecule has 274 valence electrons. The van der Waals surface area contributed by atoms with E-state index in [9.17, 15) is 32.4 Å². The largest absolute Gasteiger partial charge is 0.344 e. The number of hydrogen-bond donors (Lipinski definition) is 3. The number of nitrogens with zero attached hydrogens (tertiary/aromatic N) is 2. The fourth-order valence-electron chi connectivity index (χ4n) is 7.44. The molecule has 0 radical (unpaired) electrons. The predicted molar refractivity (Wildman–Crippen MR) is 188 cm³/mol. The van der Waals surface area contributed by atoms with Crippen molar-refractivity contribution in [1.82, 2.24) is 25.2 Å². The molecule has 6 atom stereocenters. The molecule has 1 saturated carbocycles. The van der Waals surface area contributed by atoms with Crippen molar-refractivity contribution in [2.24, 2.45) is 22.7 Å². The van der Waals surface area contributed by atoms with E-state index in [1.54, 1.807) is 22.4 Å². The first kappa shape index (κ1) is 39.0. The first-order chi connectivity index (χ1) is 22.9. The van der Waals surface area contributed by atoms with Gasteiger partial charge in [-0.15, -0.1) is 11.3 Å². The highest BCUT2D eigenvalue weighted by Gasteiger charge is 2.69. The molecule has 2 aliphatic heterocycles. The van der Waals surface area contributed by atoms with Crippen LogP contribution in [0.1, 0.15) is 99.3 Å². The van der Waals surface area contributed by atoms with Gasteiger partial charge in [-0.1, -0.05) is 85.6 Å². The second-order valence-corrected chi connectivity index (χ2v) is 18.9. The molecule has 3 aliphatic rings. The molecule has 3 fully saturated rings. The van der Waals surface area contributed by atoms with Crippen LogP contribution in [0.25, 0.3) is 0 Å². The number of likely N-dealkylation sites (N-methyl/N-ethyl adjacent to an activating group) is 1. The Labute approximate surface area is 295 Å². The molecule has 3 N–H and O–H groups in total. The first-order valence-corrected chi connectivity index (χ1v) is 19.9. The number of fused-ring (bicyclic) bond motifs is 3. The lowest BCUT2D eigenvalue weighted by Gasteiger charge is -2.36. The molecule has 14 heteroatoms. The van der Waals surface area contributed by atoms with Crippen LogP contribution in [0, 0.1) is 22.7 Å².